The van der Waals surface area contributed by atoms with E-state index in [1.54, 1.807) is 6.20 Å². The first-order chi connectivity index (χ1) is 13.8. The van der Waals surface area contributed by atoms with Crippen LogP contribution in [0.2, 0.25) is 0 Å². The minimum Gasteiger partial charge on any atom is -0.340 e. The summed E-state index contributed by atoms with van der Waals surface area (Å²) in [6, 6.07) is 5.69. The van der Waals surface area contributed by atoms with Crippen molar-refractivity contribution < 1.29 is 4.79 Å². The van der Waals surface area contributed by atoms with Crippen molar-refractivity contribution in [3.63, 3.8) is 0 Å². The molecule has 1 saturated carbocycles. The van der Waals surface area contributed by atoms with Gasteiger partial charge in [0.25, 0.3) is 0 Å². The highest BCUT2D eigenvalue weighted by Gasteiger charge is 2.24. The van der Waals surface area contributed by atoms with Gasteiger partial charge in [-0.1, -0.05) is 6.07 Å². The van der Waals surface area contributed by atoms with Crippen molar-refractivity contribution in [1.29, 1.82) is 0 Å². The maximum atomic E-state index is 12.7. The average Bonchev–Trinajstić information content (AvgIpc) is 3.32. The lowest BCUT2D eigenvalue weighted by Crippen LogP contribution is -2.35. The van der Waals surface area contributed by atoms with Crippen molar-refractivity contribution in [1.82, 2.24) is 29.2 Å². The number of hydrogen-bond donors (Lipinski definition) is 0. The quantitative estimate of drug-likeness (QED) is 0.684. The Kier molecular flexibility index (Phi) is 4.43. The zero-order valence-corrected chi connectivity index (χ0v) is 15.9. The van der Waals surface area contributed by atoms with Gasteiger partial charge >= 0.3 is 0 Å². The minimum absolute atomic E-state index is 0.128. The van der Waals surface area contributed by atoms with Gasteiger partial charge in [-0.15, -0.1) is 0 Å². The van der Waals surface area contributed by atoms with Crippen LogP contribution in [0.5, 0.6) is 0 Å². The van der Waals surface area contributed by atoms with Gasteiger partial charge in [0.1, 0.15) is 5.82 Å². The number of imidazole rings is 1. The van der Waals surface area contributed by atoms with Crippen molar-refractivity contribution >= 4 is 5.91 Å². The molecule has 0 spiro atoms. The number of pyridine rings is 1. The normalized spacial score (nSPS) is 16.6. The first-order valence-electron chi connectivity index (χ1n) is 10.0. The standard InChI is InChI=1S/C21H24N6O/c28-21(11-18-3-1-2-7-22-18)25-8-6-20-23-13-19(27(20)10-9-25)17-12-24-26(15-17)14-16-4-5-16/h1-3,7,12-13,15-16H,4-6,8-11,14H2. The number of carbonyl (C=O) groups is 1. The van der Waals surface area contributed by atoms with Crippen molar-refractivity contribution in [2.24, 2.45) is 5.92 Å². The van der Waals surface area contributed by atoms with Crippen molar-refractivity contribution in [2.45, 2.75) is 38.8 Å². The molecule has 1 amide bonds. The predicted molar refractivity (Wildman–Crippen MR) is 104 cm³/mol. The SMILES string of the molecule is O=C(Cc1ccccn1)N1CCc2ncc(-c3cnn(CC4CC4)c3)n2CC1. The van der Waals surface area contributed by atoms with E-state index in [2.05, 4.69) is 25.8 Å². The summed E-state index contributed by atoms with van der Waals surface area (Å²) in [5.74, 6) is 1.97. The Bertz CT molecular complexity index is 972. The average molecular weight is 376 g/mol. The molecule has 5 rings (SSSR count). The smallest absolute Gasteiger partial charge is 0.228 e. The Balaban J connectivity index is 1.28. The largest absolute Gasteiger partial charge is 0.340 e. The summed E-state index contributed by atoms with van der Waals surface area (Å²) in [6.07, 6.45) is 11.5. The highest BCUT2D eigenvalue weighted by molar-refractivity contribution is 5.78. The van der Waals surface area contributed by atoms with Crippen LogP contribution in [0.3, 0.4) is 0 Å². The van der Waals surface area contributed by atoms with Crippen LogP contribution in [0.15, 0.2) is 43.0 Å². The number of nitrogens with zero attached hydrogens (tertiary/aromatic N) is 6. The molecule has 0 radical (unpaired) electrons. The number of rotatable bonds is 5. The molecule has 28 heavy (non-hydrogen) atoms. The third-order valence-electron chi connectivity index (χ3n) is 5.62. The van der Waals surface area contributed by atoms with Crippen LogP contribution in [0.1, 0.15) is 24.4 Å². The fourth-order valence-electron chi connectivity index (χ4n) is 3.84. The van der Waals surface area contributed by atoms with Gasteiger partial charge in [-0.3, -0.25) is 14.5 Å². The maximum absolute atomic E-state index is 12.7. The van der Waals surface area contributed by atoms with Crippen LogP contribution in [-0.4, -0.2) is 48.2 Å². The Morgan fingerprint density at radius 2 is 2.04 bits per heavy atom. The Hall–Kier alpha value is -2.96. The summed E-state index contributed by atoms with van der Waals surface area (Å²) in [4.78, 5) is 23.5. The Morgan fingerprint density at radius 3 is 2.86 bits per heavy atom. The van der Waals surface area contributed by atoms with Crippen molar-refractivity contribution in [2.75, 3.05) is 13.1 Å². The van der Waals surface area contributed by atoms with E-state index in [9.17, 15) is 4.79 Å². The third kappa shape index (κ3) is 3.56. The Morgan fingerprint density at radius 1 is 1.11 bits per heavy atom. The number of aromatic nitrogens is 5. The topological polar surface area (TPSA) is 68.8 Å². The molecule has 0 saturated heterocycles. The van der Waals surface area contributed by atoms with E-state index in [1.807, 2.05) is 40.2 Å². The lowest BCUT2D eigenvalue weighted by Gasteiger charge is -2.20. The molecule has 2 aliphatic rings. The molecule has 1 aliphatic heterocycles. The van der Waals surface area contributed by atoms with Crippen molar-refractivity contribution in [3.8, 4) is 11.3 Å². The number of hydrogen-bond acceptors (Lipinski definition) is 4. The van der Waals surface area contributed by atoms with E-state index in [0.29, 0.717) is 19.5 Å². The molecule has 0 bridgehead atoms. The van der Waals surface area contributed by atoms with Gasteiger partial charge in [0.05, 0.1) is 24.5 Å². The van der Waals surface area contributed by atoms with Gasteiger partial charge in [-0.05, 0) is 30.9 Å². The van der Waals surface area contributed by atoms with Crippen LogP contribution >= 0.6 is 0 Å². The van der Waals surface area contributed by atoms with E-state index >= 15 is 0 Å². The summed E-state index contributed by atoms with van der Waals surface area (Å²) in [6.45, 7) is 3.16. The van der Waals surface area contributed by atoms with Crippen LogP contribution in [0.4, 0.5) is 0 Å². The van der Waals surface area contributed by atoms with Crippen LogP contribution < -0.4 is 0 Å². The van der Waals surface area contributed by atoms with Gasteiger partial charge in [0.15, 0.2) is 0 Å². The monoisotopic (exact) mass is 376 g/mol. The molecule has 144 valence electrons. The number of fused-ring (bicyclic) bond motifs is 1. The molecule has 1 fully saturated rings. The second kappa shape index (κ2) is 7.22. The lowest BCUT2D eigenvalue weighted by molar-refractivity contribution is -0.130. The first kappa shape index (κ1) is 17.2. The molecule has 1 aliphatic carbocycles. The second-order valence-corrected chi connectivity index (χ2v) is 7.73. The number of amides is 1. The van der Waals surface area contributed by atoms with Crippen LogP contribution in [0, 0.1) is 5.92 Å². The predicted octanol–water partition coefficient (Wildman–Crippen LogP) is 2.18. The molecular formula is C21H24N6O. The third-order valence-corrected chi connectivity index (χ3v) is 5.62. The summed E-state index contributed by atoms with van der Waals surface area (Å²) in [5.41, 5.74) is 3.02. The fourth-order valence-corrected chi connectivity index (χ4v) is 3.84. The molecule has 0 N–H and O–H groups in total. The van der Waals surface area contributed by atoms with Gasteiger partial charge in [0.2, 0.25) is 5.91 Å². The molecule has 7 nitrogen and oxygen atoms in total. The lowest BCUT2D eigenvalue weighted by atomic mass is 10.2. The molecule has 3 aromatic heterocycles. The summed E-state index contributed by atoms with van der Waals surface area (Å²) in [7, 11) is 0. The summed E-state index contributed by atoms with van der Waals surface area (Å²) in [5, 5.41) is 4.52. The second-order valence-electron chi connectivity index (χ2n) is 7.73. The van der Waals surface area contributed by atoms with E-state index in [1.165, 1.54) is 12.8 Å². The van der Waals surface area contributed by atoms with E-state index < -0.39 is 0 Å². The van der Waals surface area contributed by atoms with E-state index in [0.717, 1.165) is 48.2 Å². The summed E-state index contributed by atoms with van der Waals surface area (Å²) < 4.78 is 4.29. The van der Waals surface area contributed by atoms with E-state index in [-0.39, 0.29) is 5.91 Å². The molecule has 7 heteroatoms. The highest BCUT2D eigenvalue weighted by Crippen LogP contribution is 2.31. The van der Waals surface area contributed by atoms with Gasteiger partial charge in [-0.2, -0.15) is 5.10 Å². The van der Waals surface area contributed by atoms with E-state index in [4.69, 9.17) is 0 Å². The molecule has 3 aromatic rings. The zero-order valence-electron chi connectivity index (χ0n) is 15.9. The van der Waals surface area contributed by atoms with Crippen LogP contribution in [-0.2, 0) is 30.7 Å². The maximum Gasteiger partial charge on any atom is 0.228 e. The minimum atomic E-state index is 0.128. The molecular weight excluding hydrogens is 352 g/mol. The van der Waals surface area contributed by atoms with Gasteiger partial charge < -0.3 is 9.47 Å². The molecule has 0 atom stereocenters. The number of carbonyl (C=O) groups excluding carboxylic acids is 1. The van der Waals surface area contributed by atoms with Crippen LogP contribution in [0.25, 0.3) is 11.3 Å². The molecule has 0 aromatic carbocycles. The first-order valence-corrected chi connectivity index (χ1v) is 10.0. The summed E-state index contributed by atoms with van der Waals surface area (Å²) >= 11 is 0. The zero-order chi connectivity index (χ0) is 18.9. The van der Waals surface area contributed by atoms with Gasteiger partial charge in [-0.25, -0.2) is 4.98 Å². The highest BCUT2D eigenvalue weighted by atomic mass is 16.2. The molecule has 4 heterocycles. The fraction of sp³-hybridized carbons (Fsp3) is 0.429. The van der Waals surface area contributed by atoms with Crippen molar-refractivity contribution in [3.05, 3.63) is 54.5 Å². The Labute approximate surface area is 164 Å². The molecule has 0 unspecified atom stereocenters. The van der Waals surface area contributed by atoms with Gasteiger partial charge in [0, 0.05) is 56.3 Å².